The molecule has 5 fully saturated rings. The van der Waals surface area contributed by atoms with E-state index in [9.17, 15) is 39.9 Å². The molecule has 3 saturated carbocycles. The summed E-state index contributed by atoms with van der Waals surface area (Å²) in [5.41, 5.74) is -1.12. The Morgan fingerprint density at radius 3 is 2.24 bits per heavy atom. The van der Waals surface area contributed by atoms with E-state index in [4.69, 9.17) is 33.2 Å². The molecule has 0 bridgehead atoms. The van der Waals surface area contributed by atoms with E-state index in [1.807, 2.05) is 0 Å². The van der Waals surface area contributed by atoms with Crippen molar-refractivity contribution in [1.29, 1.82) is 0 Å². The highest BCUT2D eigenvalue weighted by Gasteiger charge is 2.70. The van der Waals surface area contributed by atoms with E-state index >= 15 is 0 Å². The molecule has 1 aromatic rings. The second kappa shape index (κ2) is 18.5. The number of aliphatic hydroxyl groups excluding tert-OH is 4. The van der Waals surface area contributed by atoms with Crippen molar-refractivity contribution in [3.8, 4) is 5.75 Å². The smallest absolute Gasteiger partial charge is 0.338 e. The third kappa shape index (κ3) is 8.39. The highest BCUT2D eigenvalue weighted by molar-refractivity contribution is 5.89. The predicted molar refractivity (Wildman–Crippen MR) is 221 cm³/mol. The summed E-state index contributed by atoms with van der Waals surface area (Å²) < 4.78 is 41.1. The second-order valence-corrected chi connectivity index (χ2v) is 19.7. The van der Waals surface area contributed by atoms with Crippen LogP contribution >= 0.6 is 0 Å². The number of Topliss-reactive ketones (excluding diaryl/α,β-unsaturated/α-hetero) is 1. The van der Waals surface area contributed by atoms with Gasteiger partial charge in [-0.15, -0.1) is 0 Å². The standard InChI is InChI=1S/C47H68O15/c1-24(2)8-15-33(49)25(3)47(55)36(21-32-30-14-11-27-20-28(48)16-18-45(27,4)31(30)17-19-46(32,47)5)60-43-37(42(54)57-7)39(35(51)23-58-43)62-44-40(38(52)34(50)22-59-44)61-41(53)26-9-12-29(56-6)13-10-26/h9-13,24-25,28,30-32,34-40,43-44,48,50-52,55H,8,14-23H2,1-7H3/t25-,28+,30?,31?,32?,34-,35+,36+,37+,38+,39+,40-,43+,44+,45+,46+,47-/m1/s1. The minimum Gasteiger partial charge on any atom is -0.497 e. The number of carbonyl (C=O) groups is 3. The van der Waals surface area contributed by atoms with E-state index in [1.165, 1.54) is 31.9 Å². The molecule has 346 valence electrons. The molecular weight excluding hydrogens is 805 g/mol. The van der Waals surface area contributed by atoms with Gasteiger partial charge in [-0.3, -0.25) is 9.59 Å². The normalized spacial score (nSPS) is 42.1. The minimum absolute atomic E-state index is 0.0689. The van der Waals surface area contributed by atoms with Gasteiger partial charge in [-0.25, -0.2) is 4.79 Å². The van der Waals surface area contributed by atoms with Crippen LogP contribution in [0.2, 0.25) is 0 Å². The van der Waals surface area contributed by atoms with Crippen molar-refractivity contribution in [1.82, 2.24) is 0 Å². The first-order chi connectivity index (χ1) is 29.4. The fourth-order valence-electron chi connectivity index (χ4n) is 12.2. The van der Waals surface area contributed by atoms with E-state index in [-0.39, 0.29) is 53.6 Å². The van der Waals surface area contributed by atoms with Crippen LogP contribution in [-0.4, -0.2) is 132 Å². The second-order valence-electron chi connectivity index (χ2n) is 19.7. The van der Waals surface area contributed by atoms with Crippen LogP contribution in [-0.2, 0) is 38.0 Å². The number of ether oxygens (including phenoxy) is 7. The molecule has 2 aliphatic heterocycles. The van der Waals surface area contributed by atoms with Crippen molar-refractivity contribution in [3.05, 3.63) is 41.5 Å². The quantitative estimate of drug-likeness (QED) is 0.140. The van der Waals surface area contributed by atoms with Crippen LogP contribution in [0.25, 0.3) is 0 Å². The Morgan fingerprint density at radius 2 is 1.56 bits per heavy atom. The number of carbonyl (C=O) groups excluding carboxylic acids is 3. The summed E-state index contributed by atoms with van der Waals surface area (Å²) in [6.45, 7) is 9.49. The van der Waals surface area contributed by atoms with Gasteiger partial charge in [-0.1, -0.05) is 46.3 Å². The Labute approximate surface area is 364 Å². The van der Waals surface area contributed by atoms with Crippen LogP contribution in [0.15, 0.2) is 35.9 Å². The molecule has 6 aliphatic rings. The number of ketones is 1. The summed E-state index contributed by atoms with van der Waals surface area (Å²) >= 11 is 0. The van der Waals surface area contributed by atoms with Crippen molar-refractivity contribution >= 4 is 17.7 Å². The van der Waals surface area contributed by atoms with Crippen LogP contribution < -0.4 is 4.74 Å². The van der Waals surface area contributed by atoms with Gasteiger partial charge in [0, 0.05) is 17.8 Å². The predicted octanol–water partition coefficient (Wildman–Crippen LogP) is 3.88. The van der Waals surface area contributed by atoms with Gasteiger partial charge in [-0.05, 0) is 105 Å². The number of aliphatic hydroxyl groups is 5. The lowest BCUT2D eigenvalue weighted by Gasteiger charge is -2.59. The third-order valence-electron chi connectivity index (χ3n) is 16.0. The summed E-state index contributed by atoms with van der Waals surface area (Å²) in [7, 11) is 2.65. The van der Waals surface area contributed by atoms with Crippen molar-refractivity contribution in [2.24, 2.45) is 46.3 Å². The van der Waals surface area contributed by atoms with Gasteiger partial charge in [0.05, 0.1) is 45.2 Å². The Morgan fingerprint density at radius 1 is 0.871 bits per heavy atom. The van der Waals surface area contributed by atoms with Gasteiger partial charge >= 0.3 is 11.9 Å². The highest BCUT2D eigenvalue weighted by atomic mass is 16.7. The lowest BCUT2D eigenvalue weighted by molar-refractivity contribution is -0.332. The van der Waals surface area contributed by atoms with Crippen LogP contribution in [0.5, 0.6) is 5.75 Å². The lowest BCUT2D eigenvalue weighted by atomic mass is 9.46. The Balaban J connectivity index is 1.19. The van der Waals surface area contributed by atoms with E-state index in [1.54, 1.807) is 19.1 Å². The van der Waals surface area contributed by atoms with Crippen molar-refractivity contribution in [3.63, 3.8) is 0 Å². The summed E-state index contributed by atoms with van der Waals surface area (Å²) in [6, 6.07) is 6.03. The molecule has 5 N–H and O–H groups in total. The highest BCUT2D eigenvalue weighted by Crippen LogP contribution is 2.69. The molecular formula is C47H68O15. The molecule has 7 rings (SSSR count). The molecule has 15 nitrogen and oxygen atoms in total. The van der Waals surface area contributed by atoms with Crippen molar-refractivity contribution < 1.29 is 73.1 Å². The minimum atomic E-state index is -1.69. The van der Waals surface area contributed by atoms with Crippen LogP contribution in [0.3, 0.4) is 0 Å². The van der Waals surface area contributed by atoms with E-state index in [0.717, 1.165) is 25.7 Å². The largest absolute Gasteiger partial charge is 0.497 e. The average Bonchev–Trinajstić information content (AvgIpc) is 3.48. The van der Waals surface area contributed by atoms with Crippen molar-refractivity contribution in [2.75, 3.05) is 27.4 Å². The Kier molecular flexibility index (Phi) is 14.0. The van der Waals surface area contributed by atoms with E-state index in [2.05, 4.69) is 33.8 Å². The summed E-state index contributed by atoms with van der Waals surface area (Å²) in [4.78, 5) is 41.3. The Bertz CT molecular complexity index is 1800. The molecule has 4 aliphatic carbocycles. The molecule has 0 spiro atoms. The summed E-state index contributed by atoms with van der Waals surface area (Å²) in [5.74, 6) is -2.96. The van der Waals surface area contributed by atoms with Crippen LogP contribution in [0, 0.1) is 46.3 Å². The van der Waals surface area contributed by atoms with Gasteiger partial charge in [0.2, 0.25) is 0 Å². The maximum absolute atomic E-state index is 14.2. The fourth-order valence-corrected chi connectivity index (χ4v) is 12.2. The van der Waals surface area contributed by atoms with Gasteiger partial charge in [0.15, 0.2) is 18.7 Å². The molecule has 15 heteroatoms. The monoisotopic (exact) mass is 872 g/mol. The zero-order valence-corrected chi connectivity index (χ0v) is 37.1. The number of allylic oxidation sites excluding steroid dienone is 1. The molecule has 0 amide bonds. The lowest BCUT2D eigenvalue weighted by Crippen LogP contribution is -2.63. The Hall–Kier alpha value is -2.99. The third-order valence-corrected chi connectivity index (χ3v) is 16.0. The van der Waals surface area contributed by atoms with E-state index in [0.29, 0.717) is 37.4 Å². The number of fused-ring (bicyclic) bond motifs is 5. The molecule has 1 aromatic carbocycles. The fraction of sp³-hybridized carbons (Fsp3) is 0.766. The maximum Gasteiger partial charge on any atom is 0.338 e. The van der Waals surface area contributed by atoms with Crippen LogP contribution in [0.4, 0.5) is 0 Å². The van der Waals surface area contributed by atoms with E-state index < -0.39 is 90.6 Å². The SMILES string of the molecule is COC(=O)[C@H]1[C@H](O[C@H]2CC3C4CC=C5C[C@@H](O)CC[C@]5(C)C4CC[C@]3(C)[C@@]2(O)[C@H](C)C(=O)CCC(C)C)OC[C@H](O)[C@@H]1O[C@@H]1OC[C@@H](O)[C@H](O)[C@H]1OC(=O)c1ccc(OC)cc1. The molecule has 2 heterocycles. The van der Waals surface area contributed by atoms with Gasteiger partial charge in [-0.2, -0.15) is 0 Å². The zero-order chi connectivity index (χ0) is 44.9. The van der Waals surface area contributed by atoms with Gasteiger partial charge in [0.1, 0.15) is 47.5 Å². The first-order valence-corrected chi connectivity index (χ1v) is 22.5. The maximum atomic E-state index is 14.2. The number of hydrogen-bond acceptors (Lipinski definition) is 15. The number of hydrogen-bond donors (Lipinski definition) is 5. The summed E-state index contributed by atoms with van der Waals surface area (Å²) in [5, 5.41) is 57.1. The topological polar surface area (TPSA) is 217 Å². The molecule has 3 unspecified atom stereocenters. The number of methoxy groups -OCH3 is 2. The first-order valence-electron chi connectivity index (χ1n) is 22.5. The first kappa shape index (κ1) is 47.0. The molecule has 62 heavy (non-hydrogen) atoms. The average molecular weight is 873 g/mol. The molecule has 0 aromatic heterocycles. The number of esters is 2. The van der Waals surface area contributed by atoms with Gasteiger partial charge < -0.3 is 58.7 Å². The van der Waals surface area contributed by atoms with Crippen LogP contribution in [0.1, 0.15) is 103 Å². The summed E-state index contributed by atoms with van der Waals surface area (Å²) in [6.07, 6.45) is -3.88. The number of benzene rings is 1. The molecule has 0 radical (unpaired) electrons. The van der Waals surface area contributed by atoms with Gasteiger partial charge in [0.25, 0.3) is 0 Å². The van der Waals surface area contributed by atoms with Crippen molar-refractivity contribution in [2.45, 2.75) is 153 Å². The molecule has 17 atom stereocenters. The number of rotatable bonds is 13. The zero-order valence-electron chi connectivity index (χ0n) is 37.1. The molecule has 2 saturated heterocycles.